The van der Waals surface area contributed by atoms with Crippen LogP contribution in [0.1, 0.15) is 17.6 Å². The Morgan fingerprint density at radius 2 is 2.00 bits per heavy atom. The van der Waals surface area contributed by atoms with Crippen LogP contribution in [-0.4, -0.2) is 4.92 Å². The molecule has 1 rings (SSSR count). The smallest absolute Gasteiger partial charge is 0.258 e. The Kier molecular flexibility index (Phi) is 2.73. The third kappa shape index (κ3) is 1.68. The van der Waals surface area contributed by atoms with E-state index < -0.39 is 28.4 Å². The molecule has 0 atom stereocenters. The molecule has 0 saturated heterocycles. The number of benzene rings is 1. The van der Waals surface area contributed by atoms with E-state index in [4.69, 9.17) is 0 Å². The Labute approximate surface area is 77.3 Å². The van der Waals surface area contributed by atoms with Gasteiger partial charge in [-0.25, -0.2) is 8.78 Å². The van der Waals surface area contributed by atoms with Crippen molar-refractivity contribution in [3.05, 3.63) is 39.2 Å². The van der Waals surface area contributed by atoms with Crippen LogP contribution >= 0.6 is 0 Å². The zero-order chi connectivity index (χ0) is 10.9. The average molecular weight is 205 g/mol. The van der Waals surface area contributed by atoms with Crippen LogP contribution in [0.15, 0.2) is 12.1 Å². The second kappa shape index (κ2) is 3.65. The lowest BCUT2D eigenvalue weighted by Gasteiger charge is -2.05. The number of nitrogens with zero attached hydrogens (tertiary/aromatic N) is 1. The molecule has 0 fully saturated rings. The van der Waals surface area contributed by atoms with Crippen molar-refractivity contribution in [2.45, 2.75) is 13.3 Å². The van der Waals surface area contributed by atoms with E-state index in [1.807, 2.05) is 0 Å². The van der Waals surface area contributed by atoms with Crippen molar-refractivity contribution >= 4 is 5.69 Å². The van der Waals surface area contributed by atoms with Crippen LogP contribution in [-0.2, 0) is 0 Å². The fourth-order valence-electron chi connectivity index (χ4n) is 1.06. The lowest BCUT2D eigenvalue weighted by atomic mass is 10.1. The molecule has 6 heteroatoms. The van der Waals surface area contributed by atoms with Gasteiger partial charge in [0.1, 0.15) is 0 Å². The highest BCUT2D eigenvalue weighted by atomic mass is 19.3. The third-order valence-corrected chi connectivity index (χ3v) is 1.84. The zero-order valence-corrected chi connectivity index (χ0v) is 7.13. The van der Waals surface area contributed by atoms with E-state index in [1.54, 1.807) is 0 Å². The number of nitro benzene ring substituents is 1. The van der Waals surface area contributed by atoms with E-state index in [1.165, 1.54) is 0 Å². The normalized spacial score (nSPS) is 10.6. The quantitative estimate of drug-likeness (QED) is 0.550. The molecular weight excluding hydrogens is 199 g/mol. The molecule has 1 aromatic carbocycles. The maximum atomic E-state index is 13.1. The van der Waals surface area contributed by atoms with E-state index >= 15 is 0 Å². The molecule has 0 spiro atoms. The Bertz CT molecular complexity index is 379. The van der Waals surface area contributed by atoms with Gasteiger partial charge in [0.15, 0.2) is 0 Å². The van der Waals surface area contributed by atoms with Gasteiger partial charge >= 0.3 is 5.69 Å². The molecule has 0 saturated carbocycles. The Morgan fingerprint density at radius 1 is 1.43 bits per heavy atom. The summed E-state index contributed by atoms with van der Waals surface area (Å²) in [5, 5.41) is 10.2. The van der Waals surface area contributed by atoms with E-state index in [2.05, 4.69) is 0 Å². The molecule has 0 aliphatic rings. The van der Waals surface area contributed by atoms with Gasteiger partial charge in [-0.15, -0.1) is 0 Å². The predicted molar refractivity (Wildman–Crippen MR) is 42.7 cm³/mol. The average Bonchev–Trinajstić information content (AvgIpc) is 2.08. The molecule has 76 valence electrons. The van der Waals surface area contributed by atoms with Crippen LogP contribution in [0, 0.1) is 22.9 Å². The second-order valence-corrected chi connectivity index (χ2v) is 2.67. The van der Waals surface area contributed by atoms with Crippen LogP contribution in [0.4, 0.5) is 18.9 Å². The molecule has 0 heterocycles. The van der Waals surface area contributed by atoms with E-state index in [-0.39, 0.29) is 5.56 Å². The summed E-state index contributed by atoms with van der Waals surface area (Å²) in [5.74, 6) is -1.20. The summed E-state index contributed by atoms with van der Waals surface area (Å²) in [6.45, 7) is 1.09. The first kappa shape index (κ1) is 10.5. The van der Waals surface area contributed by atoms with Crippen molar-refractivity contribution in [3.63, 3.8) is 0 Å². The van der Waals surface area contributed by atoms with Crippen molar-refractivity contribution in [2.24, 2.45) is 0 Å². The molecule has 0 radical (unpaired) electrons. The summed E-state index contributed by atoms with van der Waals surface area (Å²) in [5.41, 5.74) is -1.69. The molecular formula is C8H6F3NO2. The minimum absolute atomic E-state index is 0.380. The molecule has 0 N–H and O–H groups in total. The van der Waals surface area contributed by atoms with Crippen LogP contribution in [0.2, 0.25) is 0 Å². The highest BCUT2D eigenvalue weighted by molar-refractivity contribution is 5.41. The second-order valence-electron chi connectivity index (χ2n) is 2.67. The van der Waals surface area contributed by atoms with Gasteiger partial charge in [-0.05, 0) is 13.0 Å². The fraction of sp³-hybridized carbons (Fsp3) is 0.250. The minimum atomic E-state index is -2.83. The van der Waals surface area contributed by atoms with Gasteiger partial charge in [0, 0.05) is 17.2 Å². The first-order chi connectivity index (χ1) is 6.45. The summed E-state index contributed by atoms with van der Waals surface area (Å²) in [7, 11) is 0. The first-order valence-electron chi connectivity index (χ1n) is 3.66. The van der Waals surface area contributed by atoms with Crippen molar-refractivity contribution < 1.29 is 18.1 Å². The molecule has 3 nitrogen and oxygen atoms in total. The Hall–Kier alpha value is -1.59. The molecule has 0 aliphatic carbocycles. The van der Waals surface area contributed by atoms with Crippen molar-refractivity contribution in [3.8, 4) is 0 Å². The standard InChI is InChI=1S/C8H6F3NO2/c1-4-5(8(10)11)2-3-6(7(4)9)12(13)14/h2-3,8H,1H3. The van der Waals surface area contributed by atoms with Crippen LogP contribution in [0.25, 0.3) is 0 Å². The summed E-state index contributed by atoms with van der Waals surface area (Å²) in [6, 6.07) is 1.60. The third-order valence-electron chi connectivity index (χ3n) is 1.84. The summed E-state index contributed by atoms with van der Waals surface area (Å²) in [6.07, 6.45) is -2.83. The van der Waals surface area contributed by atoms with E-state index in [0.29, 0.717) is 0 Å². The largest absolute Gasteiger partial charge is 0.305 e. The van der Waals surface area contributed by atoms with Gasteiger partial charge in [-0.1, -0.05) is 0 Å². The number of halogens is 3. The molecule has 14 heavy (non-hydrogen) atoms. The van der Waals surface area contributed by atoms with E-state index in [9.17, 15) is 23.3 Å². The number of hydrogen-bond donors (Lipinski definition) is 0. The summed E-state index contributed by atoms with van der Waals surface area (Å²) < 4.78 is 37.5. The lowest BCUT2D eigenvalue weighted by Crippen LogP contribution is -1.99. The zero-order valence-electron chi connectivity index (χ0n) is 7.13. The topological polar surface area (TPSA) is 43.1 Å². The van der Waals surface area contributed by atoms with E-state index in [0.717, 1.165) is 19.1 Å². The van der Waals surface area contributed by atoms with Gasteiger partial charge in [0.25, 0.3) is 6.43 Å². The van der Waals surface area contributed by atoms with Crippen LogP contribution < -0.4 is 0 Å². The summed E-state index contributed by atoms with van der Waals surface area (Å²) in [4.78, 5) is 9.29. The molecule has 0 amide bonds. The van der Waals surface area contributed by atoms with Crippen LogP contribution in [0.5, 0.6) is 0 Å². The van der Waals surface area contributed by atoms with Crippen molar-refractivity contribution in [1.82, 2.24) is 0 Å². The molecule has 0 bridgehead atoms. The predicted octanol–water partition coefficient (Wildman–Crippen LogP) is 2.98. The number of alkyl halides is 2. The van der Waals surface area contributed by atoms with Gasteiger partial charge in [0.2, 0.25) is 5.82 Å². The monoisotopic (exact) mass is 205 g/mol. The van der Waals surface area contributed by atoms with Gasteiger partial charge in [0.05, 0.1) is 4.92 Å². The lowest BCUT2D eigenvalue weighted by molar-refractivity contribution is -0.387. The van der Waals surface area contributed by atoms with Crippen molar-refractivity contribution in [2.75, 3.05) is 0 Å². The Balaban J connectivity index is 3.33. The number of rotatable bonds is 2. The fourth-order valence-corrected chi connectivity index (χ4v) is 1.06. The van der Waals surface area contributed by atoms with Gasteiger partial charge < -0.3 is 0 Å². The number of hydrogen-bond acceptors (Lipinski definition) is 2. The van der Waals surface area contributed by atoms with Crippen LogP contribution in [0.3, 0.4) is 0 Å². The first-order valence-corrected chi connectivity index (χ1v) is 3.66. The van der Waals surface area contributed by atoms with Gasteiger partial charge in [-0.2, -0.15) is 4.39 Å². The number of nitro groups is 1. The highest BCUT2D eigenvalue weighted by Gasteiger charge is 2.21. The molecule has 0 aromatic heterocycles. The SMILES string of the molecule is Cc1c(C(F)F)ccc([N+](=O)[O-])c1F. The highest BCUT2D eigenvalue weighted by Crippen LogP contribution is 2.29. The molecule has 0 aliphatic heterocycles. The maximum Gasteiger partial charge on any atom is 0.305 e. The minimum Gasteiger partial charge on any atom is -0.258 e. The van der Waals surface area contributed by atoms with Gasteiger partial charge in [-0.3, -0.25) is 10.1 Å². The Morgan fingerprint density at radius 3 is 2.43 bits per heavy atom. The molecule has 0 unspecified atom stereocenters. The molecule has 1 aromatic rings. The maximum absolute atomic E-state index is 13.1. The summed E-state index contributed by atoms with van der Waals surface area (Å²) >= 11 is 0. The van der Waals surface area contributed by atoms with Crippen molar-refractivity contribution in [1.29, 1.82) is 0 Å².